The van der Waals surface area contributed by atoms with Crippen LogP contribution in [0.15, 0.2) is 102 Å². The first-order chi connectivity index (χ1) is 28.0. The fraction of sp³-hybridized carbons (Fsp3) is 0.182. The molecule has 0 radical (unpaired) electrons. The van der Waals surface area contributed by atoms with Gasteiger partial charge in [-0.2, -0.15) is 0 Å². The van der Waals surface area contributed by atoms with Crippen molar-refractivity contribution in [2.75, 3.05) is 28.4 Å². The first kappa shape index (κ1) is 38.6. The van der Waals surface area contributed by atoms with E-state index in [1.807, 2.05) is 64.1 Å². The first-order valence-corrected chi connectivity index (χ1v) is 20.2. The van der Waals surface area contributed by atoms with Gasteiger partial charge in [-0.1, -0.05) is 0 Å². The summed E-state index contributed by atoms with van der Waals surface area (Å²) in [6.45, 7) is 7.61. The second-order valence-electron chi connectivity index (χ2n) is 13.4. The molecule has 58 heavy (non-hydrogen) atoms. The largest absolute Gasteiger partial charge is 0.497 e. The molecule has 2 heterocycles. The summed E-state index contributed by atoms with van der Waals surface area (Å²) in [4.78, 5) is 0. The summed E-state index contributed by atoms with van der Waals surface area (Å²) in [6.07, 6.45) is 0. The fourth-order valence-corrected chi connectivity index (χ4v) is 9.27. The van der Waals surface area contributed by atoms with Gasteiger partial charge in [-0.05, 0) is 124 Å². The molecule has 0 aliphatic heterocycles. The molecule has 8 aromatic rings. The van der Waals surface area contributed by atoms with Crippen LogP contribution in [0.25, 0.3) is 55.0 Å². The van der Waals surface area contributed by atoms with E-state index in [4.69, 9.17) is 44.8 Å². The fourth-order valence-electron chi connectivity index (χ4n) is 7.00. The van der Waals surface area contributed by atoms with E-state index < -0.39 is 28.1 Å². The summed E-state index contributed by atoms with van der Waals surface area (Å²) in [6, 6.07) is 22.8. The maximum Gasteiger partial charge on any atom is 0.453 e. The number of benzene rings is 6. The molecule has 8 rings (SSSR count). The maximum atomic E-state index is 14.6. The number of aryl methyl sites for hydroxylation is 2. The first-order valence-electron chi connectivity index (χ1n) is 18.0. The molecule has 0 aliphatic rings. The van der Waals surface area contributed by atoms with Crippen LogP contribution in [-0.4, -0.2) is 28.4 Å². The Labute approximate surface area is 333 Å². The van der Waals surface area contributed by atoms with Gasteiger partial charge in [0.25, 0.3) is 0 Å². The van der Waals surface area contributed by atoms with Crippen molar-refractivity contribution in [3.63, 3.8) is 0 Å². The van der Waals surface area contributed by atoms with Crippen molar-refractivity contribution in [2.45, 2.75) is 27.7 Å². The summed E-state index contributed by atoms with van der Waals surface area (Å²) < 4.78 is 91.5. The molecule has 0 saturated carbocycles. The number of hydrogen-bond donors (Lipinski definition) is 0. The third kappa shape index (κ3) is 7.03. The molecular weight excluding hydrogens is 788 g/mol. The van der Waals surface area contributed by atoms with Gasteiger partial charge in [0, 0.05) is 43.8 Å². The molecule has 0 amide bonds. The number of ether oxygens (including phenoxy) is 4. The van der Waals surface area contributed by atoms with Gasteiger partial charge in [0.2, 0.25) is 0 Å². The molecule has 6 aromatic carbocycles. The van der Waals surface area contributed by atoms with E-state index in [1.165, 1.54) is 36.4 Å². The Hall–Kier alpha value is -6.22. The summed E-state index contributed by atoms with van der Waals surface area (Å²) >= 11 is 0. The number of methoxy groups -OCH3 is 4. The molecule has 0 atom stereocenters. The van der Waals surface area contributed by atoms with E-state index in [0.29, 0.717) is 84.3 Å². The zero-order valence-corrected chi connectivity index (χ0v) is 34.6. The van der Waals surface area contributed by atoms with Crippen molar-refractivity contribution >= 4 is 60.4 Å². The average molecular weight is 827 g/mol. The Morgan fingerprint density at radius 1 is 0.431 bits per heavy atom. The van der Waals surface area contributed by atoms with Gasteiger partial charge in [-0.15, -0.1) is 0 Å². The number of halogens is 2. The Morgan fingerprint density at radius 3 is 1.12 bits per heavy atom. The molecule has 0 saturated heterocycles. The second kappa shape index (κ2) is 15.6. The second-order valence-corrected chi connectivity index (χ2v) is 15.4. The highest BCUT2D eigenvalue weighted by molar-refractivity contribution is 7.32. The van der Waals surface area contributed by atoms with Crippen molar-refractivity contribution in [2.24, 2.45) is 0 Å². The highest BCUT2D eigenvalue weighted by atomic mass is 31.1. The third-order valence-electron chi connectivity index (χ3n) is 9.90. The predicted octanol–water partition coefficient (Wildman–Crippen LogP) is 13.8. The van der Waals surface area contributed by atoms with E-state index in [9.17, 15) is 8.78 Å². The topological polar surface area (TPSA) is 108 Å². The molecule has 2 aromatic heterocycles. The average Bonchev–Trinajstić information content (AvgIpc) is 3.47. The zero-order chi connectivity index (χ0) is 40.8. The molecular formula is C44H38F2O10P2. The molecule has 0 fully saturated rings. The van der Waals surface area contributed by atoms with Crippen molar-refractivity contribution in [3.05, 3.63) is 119 Å². The van der Waals surface area contributed by atoms with Crippen molar-refractivity contribution < 1.29 is 53.6 Å². The lowest BCUT2D eigenvalue weighted by Crippen LogP contribution is -2.02. The lowest BCUT2D eigenvalue weighted by atomic mass is 9.90. The van der Waals surface area contributed by atoms with Gasteiger partial charge >= 0.3 is 16.5 Å². The summed E-state index contributed by atoms with van der Waals surface area (Å²) in [5, 5.41) is 2.12. The predicted molar refractivity (Wildman–Crippen MR) is 222 cm³/mol. The van der Waals surface area contributed by atoms with Crippen LogP contribution in [0.4, 0.5) is 8.78 Å². The normalized spacial score (nSPS) is 11.3. The van der Waals surface area contributed by atoms with Gasteiger partial charge in [0.05, 0.1) is 28.4 Å². The Kier molecular flexibility index (Phi) is 10.4. The van der Waals surface area contributed by atoms with Crippen LogP contribution < -0.4 is 28.0 Å². The van der Waals surface area contributed by atoms with E-state index >= 15 is 0 Å². The minimum absolute atomic E-state index is 0.264. The van der Waals surface area contributed by atoms with E-state index in [0.717, 1.165) is 16.3 Å². The van der Waals surface area contributed by atoms with Gasteiger partial charge in [0.15, 0.2) is 0 Å². The number of hydrogen-bond acceptors (Lipinski definition) is 10. The number of rotatable bonds is 9. The number of fused-ring (bicyclic) bond motifs is 6. The Balaban J connectivity index is 1.39. The zero-order valence-electron chi connectivity index (χ0n) is 32.8. The van der Waals surface area contributed by atoms with Crippen LogP contribution in [0.2, 0.25) is 0 Å². The van der Waals surface area contributed by atoms with Crippen LogP contribution in [-0.2, 0) is 0 Å². The van der Waals surface area contributed by atoms with Crippen LogP contribution in [0.1, 0.15) is 22.3 Å². The molecule has 0 N–H and O–H groups in total. The van der Waals surface area contributed by atoms with Crippen molar-refractivity contribution in [1.82, 2.24) is 0 Å². The van der Waals surface area contributed by atoms with Gasteiger partial charge < -0.3 is 44.8 Å². The molecule has 0 aliphatic carbocycles. The van der Waals surface area contributed by atoms with Gasteiger partial charge in [-0.3, -0.25) is 0 Å². The Morgan fingerprint density at radius 2 is 0.776 bits per heavy atom. The van der Waals surface area contributed by atoms with Gasteiger partial charge in [-0.25, -0.2) is 8.78 Å². The monoisotopic (exact) mass is 826 g/mol. The smallest absolute Gasteiger partial charge is 0.453 e. The highest BCUT2D eigenvalue weighted by Crippen LogP contribution is 2.53. The summed E-state index contributed by atoms with van der Waals surface area (Å²) in [7, 11) is 1.98. The van der Waals surface area contributed by atoms with E-state index in [2.05, 4.69) is 0 Å². The molecule has 0 bridgehead atoms. The summed E-state index contributed by atoms with van der Waals surface area (Å²) in [5.74, 6) is 2.26. The van der Waals surface area contributed by atoms with Crippen LogP contribution in [0, 0.1) is 39.3 Å². The van der Waals surface area contributed by atoms with Gasteiger partial charge in [0.1, 0.15) is 68.5 Å². The molecule has 0 unspecified atom stereocenters. The standard InChI is InChI=1S/C44H38F2O10P2/c1-23-17-39(49-7)25(3)41(43(23)55-57-51-35-13-9-27(45)19-31(35)32-20-28(46)10-14-36(32)52-57)42-26(4)40(50-8)18-24(2)44(42)56-58-53-37-15-11-29(47-5)21-33(37)34-22-30(48-6)12-16-38(34)54-58/h9-22H,1-8H3. The minimum Gasteiger partial charge on any atom is -0.497 e. The quantitative estimate of drug-likeness (QED) is 0.140. The van der Waals surface area contributed by atoms with Crippen LogP contribution in [0.5, 0.6) is 34.5 Å². The third-order valence-corrected chi connectivity index (χ3v) is 12.0. The lowest BCUT2D eigenvalue weighted by molar-refractivity contribution is 0.409. The van der Waals surface area contributed by atoms with E-state index in [-0.39, 0.29) is 11.2 Å². The Bertz CT molecular complexity index is 2860. The maximum absolute atomic E-state index is 14.6. The molecule has 14 heteroatoms. The van der Waals surface area contributed by atoms with Crippen LogP contribution >= 0.6 is 16.5 Å². The lowest BCUT2D eigenvalue weighted by Gasteiger charge is -2.23. The molecule has 298 valence electrons. The van der Waals surface area contributed by atoms with Crippen molar-refractivity contribution in [3.8, 4) is 45.6 Å². The van der Waals surface area contributed by atoms with Crippen molar-refractivity contribution in [1.29, 1.82) is 0 Å². The molecule has 0 spiro atoms. The molecule has 10 nitrogen and oxygen atoms in total. The van der Waals surface area contributed by atoms with E-state index in [1.54, 1.807) is 40.6 Å². The minimum atomic E-state index is -2.26. The highest BCUT2D eigenvalue weighted by Gasteiger charge is 2.28. The van der Waals surface area contributed by atoms with Crippen LogP contribution in [0.3, 0.4) is 0 Å². The SMILES string of the molecule is COc1ccc2op(Oc3c(C)cc(OC)c(C)c3-c3c(C)c(OC)cc(C)c3Op3oc4ccc(F)cc4c4cc(F)ccc4o3)oc3ccc(OC)cc3c2c1. The summed E-state index contributed by atoms with van der Waals surface area (Å²) in [5.41, 5.74) is 5.61.